The van der Waals surface area contributed by atoms with E-state index >= 15 is 0 Å². The molecule has 3 heteroatoms. The number of ether oxygens (including phenoxy) is 3. The quantitative estimate of drug-likeness (QED) is 0.318. The van der Waals surface area contributed by atoms with E-state index in [4.69, 9.17) is 14.2 Å². The Morgan fingerprint density at radius 3 is 1.76 bits per heavy atom. The molecule has 0 saturated heterocycles. The first-order valence-corrected chi connectivity index (χ1v) is 8.90. The molecule has 0 rings (SSSR count). The van der Waals surface area contributed by atoms with Gasteiger partial charge in [-0.3, -0.25) is 0 Å². The van der Waals surface area contributed by atoms with Crippen molar-refractivity contribution in [3.05, 3.63) is 0 Å². The van der Waals surface area contributed by atoms with Gasteiger partial charge in [-0.1, -0.05) is 59.3 Å². The summed E-state index contributed by atoms with van der Waals surface area (Å²) >= 11 is 0. The summed E-state index contributed by atoms with van der Waals surface area (Å²) in [5.41, 5.74) is 0. The maximum absolute atomic E-state index is 5.89. The van der Waals surface area contributed by atoms with E-state index in [9.17, 15) is 0 Å². The molecule has 0 aliphatic heterocycles. The van der Waals surface area contributed by atoms with Crippen molar-refractivity contribution in [1.29, 1.82) is 0 Å². The van der Waals surface area contributed by atoms with E-state index in [1.165, 1.54) is 38.5 Å². The van der Waals surface area contributed by atoms with Crippen molar-refractivity contribution in [2.75, 3.05) is 20.3 Å². The molecule has 0 aromatic rings. The third kappa shape index (κ3) is 7.62. The first-order valence-electron chi connectivity index (χ1n) is 8.90. The standard InChI is InChI=1S/C18H38O3/c1-7-10-11-12-13-14-15-17(16(4)5)18(19-6,20-8-2)21-9-3/h16-17H,7-15H2,1-6H3. The van der Waals surface area contributed by atoms with Gasteiger partial charge in [0.1, 0.15) is 0 Å². The fourth-order valence-corrected chi connectivity index (χ4v) is 2.99. The largest absolute Gasteiger partial charge is 0.331 e. The van der Waals surface area contributed by atoms with Gasteiger partial charge in [0.05, 0.1) is 0 Å². The van der Waals surface area contributed by atoms with Crippen LogP contribution >= 0.6 is 0 Å². The molecule has 0 heterocycles. The van der Waals surface area contributed by atoms with Crippen LogP contribution in [0, 0.1) is 11.8 Å². The minimum Gasteiger partial charge on any atom is -0.331 e. The molecular formula is C18H38O3. The lowest BCUT2D eigenvalue weighted by Gasteiger charge is -2.40. The number of unbranched alkanes of at least 4 members (excludes halogenated alkanes) is 5. The molecule has 0 spiro atoms. The van der Waals surface area contributed by atoms with E-state index in [0.29, 0.717) is 19.1 Å². The zero-order valence-electron chi connectivity index (χ0n) is 15.2. The van der Waals surface area contributed by atoms with Gasteiger partial charge in [0, 0.05) is 26.2 Å². The Morgan fingerprint density at radius 1 is 0.810 bits per heavy atom. The van der Waals surface area contributed by atoms with Gasteiger partial charge in [-0.05, 0) is 26.2 Å². The summed E-state index contributed by atoms with van der Waals surface area (Å²) in [6.07, 6.45) is 8.96. The molecule has 1 unspecified atom stereocenters. The van der Waals surface area contributed by atoms with Crippen molar-refractivity contribution < 1.29 is 14.2 Å². The van der Waals surface area contributed by atoms with Gasteiger partial charge in [-0.2, -0.15) is 0 Å². The summed E-state index contributed by atoms with van der Waals surface area (Å²) in [5, 5.41) is 0. The molecule has 0 bridgehead atoms. The van der Waals surface area contributed by atoms with E-state index in [-0.39, 0.29) is 5.92 Å². The average Bonchev–Trinajstić information content (AvgIpc) is 2.46. The van der Waals surface area contributed by atoms with Crippen molar-refractivity contribution in [3.8, 4) is 0 Å². The van der Waals surface area contributed by atoms with Crippen LogP contribution in [-0.2, 0) is 14.2 Å². The summed E-state index contributed by atoms with van der Waals surface area (Å²) in [6.45, 7) is 11.9. The van der Waals surface area contributed by atoms with Crippen LogP contribution in [-0.4, -0.2) is 26.3 Å². The van der Waals surface area contributed by atoms with E-state index in [0.717, 1.165) is 6.42 Å². The van der Waals surface area contributed by atoms with Crippen LogP contribution in [0.15, 0.2) is 0 Å². The average molecular weight is 302 g/mol. The molecule has 128 valence electrons. The fraction of sp³-hybridized carbons (Fsp3) is 1.00. The van der Waals surface area contributed by atoms with Crippen LogP contribution < -0.4 is 0 Å². The topological polar surface area (TPSA) is 27.7 Å². The van der Waals surface area contributed by atoms with Crippen molar-refractivity contribution in [2.45, 2.75) is 85.5 Å². The lowest BCUT2D eigenvalue weighted by molar-refractivity contribution is -0.400. The molecule has 0 radical (unpaired) electrons. The number of hydrogen-bond donors (Lipinski definition) is 0. The molecule has 0 N–H and O–H groups in total. The van der Waals surface area contributed by atoms with Gasteiger partial charge in [0.25, 0.3) is 5.97 Å². The van der Waals surface area contributed by atoms with E-state index in [1.54, 1.807) is 7.11 Å². The van der Waals surface area contributed by atoms with Gasteiger partial charge >= 0.3 is 0 Å². The predicted octanol–water partition coefficient (Wildman–Crippen LogP) is 5.38. The highest BCUT2D eigenvalue weighted by Crippen LogP contribution is 2.35. The Hall–Kier alpha value is -0.120. The summed E-state index contributed by atoms with van der Waals surface area (Å²) in [6, 6.07) is 0. The maximum atomic E-state index is 5.89. The minimum atomic E-state index is -0.874. The molecular weight excluding hydrogens is 264 g/mol. The Balaban J connectivity index is 4.52. The monoisotopic (exact) mass is 302 g/mol. The number of rotatable bonds is 14. The fourth-order valence-electron chi connectivity index (χ4n) is 2.99. The van der Waals surface area contributed by atoms with Crippen molar-refractivity contribution in [1.82, 2.24) is 0 Å². The van der Waals surface area contributed by atoms with Crippen LogP contribution in [0.3, 0.4) is 0 Å². The molecule has 1 atom stereocenters. The van der Waals surface area contributed by atoms with Crippen molar-refractivity contribution in [3.63, 3.8) is 0 Å². The van der Waals surface area contributed by atoms with E-state index in [1.807, 2.05) is 13.8 Å². The zero-order valence-corrected chi connectivity index (χ0v) is 15.2. The maximum Gasteiger partial charge on any atom is 0.285 e. The van der Waals surface area contributed by atoms with Gasteiger partial charge in [-0.25, -0.2) is 0 Å². The highest BCUT2D eigenvalue weighted by Gasteiger charge is 2.42. The predicted molar refractivity (Wildman–Crippen MR) is 89.3 cm³/mol. The third-order valence-corrected chi connectivity index (χ3v) is 4.10. The van der Waals surface area contributed by atoms with Crippen LogP contribution in [0.25, 0.3) is 0 Å². The molecule has 0 aliphatic rings. The number of methoxy groups -OCH3 is 1. The normalized spacial score (nSPS) is 13.9. The second kappa shape index (κ2) is 12.4. The highest BCUT2D eigenvalue weighted by atomic mass is 16.9. The van der Waals surface area contributed by atoms with Crippen LogP contribution in [0.2, 0.25) is 0 Å². The zero-order chi connectivity index (χ0) is 16.1. The van der Waals surface area contributed by atoms with Crippen LogP contribution in [0.4, 0.5) is 0 Å². The SMILES string of the molecule is CCCCCCCCC(C(C)C)C(OC)(OCC)OCC. The molecule has 3 nitrogen and oxygen atoms in total. The van der Waals surface area contributed by atoms with Gasteiger partial charge in [0.15, 0.2) is 0 Å². The molecule has 0 fully saturated rings. The molecule has 0 aliphatic carbocycles. The van der Waals surface area contributed by atoms with Crippen LogP contribution in [0.5, 0.6) is 0 Å². The van der Waals surface area contributed by atoms with Gasteiger partial charge in [-0.15, -0.1) is 0 Å². The van der Waals surface area contributed by atoms with Crippen molar-refractivity contribution in [2.24, 2.45) is 11.8 Å². The summed E-state index contributed by atoms with van der Waals surface area (Å²) in [4.78, 5) is 0. The molecule has 21 heavy (non-hydrogen) atoms. The van der Waals surface area contributed by atoms with Crippen LogP contribution in [0.1, 0.15) is 79.6 Å². The second-order valence-corrected chi connectivity index (χ2v) is 6.08. The lowest BCUT2D eigenvalue weighted by atomic mass is 9.87. The smallest absolute Gasteiger partial charge is 0.285 e. The first-order chi connectivity index (χ1) is 10.1. The molecule has 0 saturated carbocycles. The third-order valence-electron chi connectivity index (χ3n) is 4.10. The Labute approximate surface area is 132 Å². The van der Waals surface area contributed by atoms with E-state index in [2.05, 4.69) is 20.8 Å². The first kappa shape index (κ1) is 20.9. The number of hydrogen-bond acceptors (Lipinski definition) is 3. The minimum absolute atomic E-state index is 0.272. The Bertz CT molecular complexity index is 223. The summed E-state index contributed by atoms with van der Waals surface area (Å²) in [5.74, 6) is -0.131. The summed E-state index contributed by atoms with van der Waals surface area (Å²) < 4.78 is 17.5. The van der Waals surface area contributed by atoms with Gasteiger partial charge < -0.3 is 14.2 Å². The molecule has 0 aromatic heterocycles. The van der Waals surface area contributed by atoms with Gasteiger partial charge in [0.2, 0.25) is 0 Å². The summed E-state index contributed by atoms with van der Waals surface area (Å²) in [7, 11) is 1.70. The Morgan fingerprint density at radius 2 is 1.33 bits per heavy atom. The Kier molecular flexibility index (Phi) is 12.4. The highest BCUT2D eigenvalue weighted by molar-refractivity contribution is 4.75. The van der Waals surface area contributed by atoms with Crippen molar-refractivity contribution >= 4 is 0 Å². The second-order valence-electron chi connectivity index (χ2n) is 6.08. The molecule has 0 aromatic carbocycles. The van der Waals surface area contributed by atoms with E-state index < -0.39 is 5.97 Å². The molecule has 0 amide bonds. The lowest BCUT2D eigenvalue weighted by Crippen LogP contribution is -2.48.